The summed E-state index contributed by atoms with van der Waals surface area (Å²) in [6.07, 6.45) is 1.46. The molecule has 1 unspecified atom stereocenters. The number of hydrogen-bond acceptors (Lipinski definition) is 3. The van der Waals surface area contributed by atoms with Crippen LogP contribution in [-0.4, -0.2) is 36.3 Å². The molecular formula is C22H27N3O2. The number of carbonyl (C=O) groups is 2. The molecular weight excluding hydrogens is 338 g/mol. The first-order chi connectivity index (χ1) is 12.9. The first-order valence-electron chi connectivity index (χ1n) is 9.38. The minimum atomic E-state index is -0.0671. The molecule has 0 radical (unpaired) electrons. The molecule has 142 valence electrons. The molecule has 2 aromatic rings. The summed E-state index contributed by atoms with van der Waals surface area (Å²) in [6.45, 7) is 5.13. The topological polar surface area (TPSA) is 52.7 Å². The highest BCUT2D eigenvalue weighted by atomic mass is 16.2. The van der Waals surface area contributed by atoms with Crippen LogP contribution in [0.2, 0.25) is 0 Å². The van der Waals surface area contributed by atoms with Crippen LogP contribution in [0.25, 0.3) is 0 Å². The minimum Gasteiger partial charge on any atom is -0.325 e. The van der Waals surface area contributed by atoms with E-state index in [0.717, 1.165) is 12.1 Å². The third-order valence-corrected chi connectivity index (χ3v) is 4.88. The van der Waals surface area contributed by atoms with E-state index in [-0.39, 0.29) is 17.9 Å². The lowest BCUT2D eigenvalue weighted by Crippen LogP contribution is -2.31. The van der Waals surface area contributed by atoms with Crippen LogP contribution in [0.3, 0.4) is 0 Å². The summed E-state index contributed by atoms with van der Waals surface area (Å²) in [7, 11) is 1.93. The van der Waals surface area contributed by atoms with E-state index in [0.29, 0.717) is 25.2 Å². The van der Waals surface area contributed by atoms with Gasteiger partial charge in [-0.25, -0.2) is 0 Å². The van der Waals surface area contributed by atoms with Gasteiger partial charge in [0.1, 0.15) is 0 Å². The van der Waals surface area contributed by atoms with Gasteiger partial charge in [-0.15, -0.1) is 0 Å². The Morgan fingerprint density at radius 1 is 1.22 bits per heavy atom. The Balaban J connectivity index is 1.58. The maximum Gasteiger partial charge on any atom is 0.238 e. The molecule has 0 bridgehead atoms. The summed E-state index contributed by atoms with van der Waals surface area (Å²) in [5.41, 5.74) is 3.97. The SMILES string of the molecule is Cc1ccc(CN(C)CC(=O)Nc2cccc(N3C(=O)CCC3C)c2)cc1. The smallest absolute Gasteiger partial charge is 0.238 e. The van der Waals surface area contributed by atoms with Gasteiger partial charge in [0.25, 0.3) is 0 Å². The quantitative estimate of drug-likeness (QED) is 0.851. The summed E-state index contributed by atoms with van der Waals surface area (Å²) in [4.78, 5) is 28.3. The van der Waals surface area contributed by atoms with Gasteiger partial charge < -0.3 is 10.2 Å². The number of aryl methyl sites for hydroxylation is 1. The van der Waals surface area contributed by atoms with Crippen LogP contribution >= 0.6 is 0 Å². The predicted octanol–water partition coefficient (Wildman–Crippen LogP) is 3.58. The molecule has 2 amide bonds. The summed E-state index contributed by atoms with van der Waals surface area (Å²) in [6, 6.07) is 16.0. The van der Waals surface area contributed by atoms with Crippen molar-refractivity contribution < 1.29 is 9.59 Å². The van der Waals surface area contributed by atoms with Crippen molar-refractivity contribution in [2.24, 2.45) is 0 Å². The van der Waals surface area contributed by atoms with Gasteiger partial charge in [0.05, 0.1) is 6.54 Å². The van der Waals surface area contributed by atoms with Gasteiger partial charge >= 0.3 is 0 Å². The van der Waals surface area contributed by atoms with Crippen molar-refractivity contribution in [3.05, 3.63) is 59.7 Å². The molecule has 1 fully saturated rings. The monoisotopic (exact) mass is 365 g/mol. The first-order valence-corrected chi connectivity index (χ1v) is 9.38. The number of nitrogens with zero attached hydrogens (tertiary/aromatic N) is 2. The van der Waals surface area contributed by atoms with Gasteiger partial charge in [-0.1, -0.05) is 35.9 Å². The molecule has 1 saturated heterocycles. The highest BCUT2D eigenvalue weighted by Crippen LogP contribution is 2.28. The van der Waals surface area contributed by atoms with Gasteiger partial charge in [-0.05, 0) is 51.1 Å². The second kappa shape index (κ2) is 8.35. The van der Waals surface area contributed by atoms with Crippen LogP contribution in [-0.2, 0) is 16.1 Å². The van der Waals surface area contributed by atoms with Crippen LogP contribution < -0.4 is 10.2 Å². The molecule has 1 N–H and O–H groups in total. The van der Waals surface area contributed by atoms with Crippen molar-refractivity contribution in [2.75, 3.05) is 23.8 Å². The highest BCUT2D eigenvalue weighted by molar-refractivity contribution is 5.97. The zero-order valence-electron chi connectivity index (χ0n) is 16.2. The normalized spacial score (nSPS) is 16.8. The molecule has 1 atom stereocenters. The first kappa shape index (κ1) is 19.1. The average molecular weight is 365 g/mol. The third-order valence-electron chi connectivity index (χ3n) is 4.88. The summed E-state index contributed by atoms with van der Waals surface area (Å²) in [5, 5.41) is 2.94. The Bertz CT molecular complexity index is 817. The summed E-state index contributed by atoms with van der Waals surface area (Å²) >= 11 is 0. The number of likely N-dealkylation sites (N-methyl/N-ethyl adjacent to an activating group) is 1. The molecule has 0 spiro atoms. The van der Waals surface area contributed by atoms with E-state index in [2.05, 4.69) is 43.4 Å². The number of benzene rings is 2. The number of hydrogen-bond donors (Lipinski definition) is 1. The van der Waals surface area contributed by atoms with Crippen molar-refractivity contribution >= 4 is 23.2 Å². The fourth-order valence-corrected chi connectivity index (χ4v) is 3.47. The van der Waals surface area contributed by atoms with Crippen LogP contribution in [0, 0.1) is 6.92 Å². The van der Waals surface area contributed by atoms with Crippen LogP contribution in [0.4, 0.5) is 11.4 Å². The van der Waals surface area contributed by atoms with Crippen molar-refractivity contribution in [1.29, 1.82) is 0 Å². The summed E-state index contributed by atoms with van der Waals surface area (Å²) < 4.78 is 0. The number of carbonyl (C=O) groups excluding carboxylic acids is 2. The van der Waals surface area contributed by atoms with Crippen LogP contribution in [0.1, 0.15) is 30.9 Å². The second-order valence-corrected chi connectivity index (χ2v) is 7.41. The molecule has 1 aliphatic heterocycles. The van der Waals surface area contributed by atoms with E-state index in [9.17, 15) is 9.59 Å². The minimum absolute atomic E-state index is 0.0671. The maximum atomic E-state index is 12.4. The Hall–Kier alpha value is -2.66. The van der Waals surface area contributed by atoms with Crippen molar-refractivity contribution in [3.63, 3.8) is 0 Å². The van der Waals surface area contributed by atoms with Gasteiger partial charge in [-0.3, -0.25) is 14.5 Å². The van der Waals surface area contributed by atoms with Crippen molar-refractivity contribution in [3.8, 4) is 0 Å². The van der Waals surface area contributed by atoms with Gasteiger partial charge in [0.2, 0.25) is 11.8 Å². The fraction of sp³-hybridized carbons (Fsp3) is 0.364. The number of rotatable bonds is 6. The largest absolute Gasteiger partial charge is 0.325 e. The number of amides is 2. The molecule has 5 nitrogen and oxygen atoms in total. The Morgan fingerprint density at radius 2 is 1.96 bits per heavy atom. The fourth-order valence-electron chi connectivity index (χ4n) is 3.47. The second-order valence-electron chi connectivity index (χ2n) is 7.41. The number of nitrogens with one attached hydrogen (secondary N) is 1. The zero-order chi connectivity index (χ0) is 19.4. The molecule has 0 aliphatic carbocycles. The van der Waals surface area contributed by atoms with E-state index < -0.39 is 0 Å². The van der Waals surface area contributed by atoms with E-state index in [4.69, 9.17) is 0 Å². The Kier molecular flexibility index (Phi) is 5.91. The average Bonchev–Trinajstić information content (AvgIpc) is 2.95. The third kappa shape index (κ3) is 4.95. The molecule has 27 heavy (non-hydrogen) atoms. The van der Waals surface area contributed by atoms with Crippen LogP contribution in [0.15, 0.2) is 48.5 Å². The summed E-state index contributed by atoms with van der Waals surface area (Å²) in [5.74, 6) is 0.0753. The molecule has 0 saturated carbocycles. The molecule has 0 aromatic heterocycles. The highest BCUT2D eigenvalue weighted by Gasteiger charge is 2.28. The Morgan fingerprint density at radius 3 is 2.63 bits per heavy atom. The van der Waals surface area contributed by atoms with E-state index in [1.807, 2.05) is 41.1 Å². The predicted molar refractivity (Wildman–Crippen MR) is 109 cm³/mol. The standard InChI is InChI=1S/C22H27N3O2/c1-16-7-10-18(11-8-16)14-24(3)15-21(26)23-19-5-4-6-20(13-19)25-17(2)9-12-22(25)27/h4-8,10-11,13,17H,9,12,14-15H2,1-3H3,(H,23,26). The van der Waals surface area contributed by atoms with Crippen LogP contribution in [0.5, 0.6) is 0 Å². The number of anilines is 2. The van der Waals surface area contributed by atoms with E-state index >= 15 is 0 Å². The van der Waals surface area contributed by atoms with Gasteiger partial charge in [-0.2, -0.15) is 0 Å². The molecule has 1 heterocycles. The Labute approximate surface area is 161 Å². The maximum absolute atomic E-state index is 12.4. The van der Waals surface area contributed by atoms with Gasteiger partial charge in [0.15, 0.2) is 0 Å². The zero-order valence-corrected chi connectivity index (χ0v) is 16.2. The lowest BCUT2D eigenvalue weighted by molar-refractivity contribution is -0.117. The van der Waals surface area contributed by atoms with E-state index in [1.165, 1.54) is 11.1 Å². The van der Waals surface area contributed by atoms with Crippen molar-refractivity contribution in [2.45, 2.75) is 39.3 Å². The molecule has 2 aromatic carbocycles. The van der Waals surface area contributed by atoms with E-state index in [1.54, 1.807) is 0 Å². The molecule has 1 aliphatic rings. The van der Waals surface area contributed by atoms with Gasteiger partial charge in [0, 0.05) is 30.4 Å². The van der Waals surface area contributed by atoms with Crippen molar-refractivity contribution in [1.82, 2.24) is 4.90 Å². The lowest BCUT2D eigenvalue weighted by Gasteiger charge is -2.22. The molecule has 5 heteroatoms. The lowest BCUT2D eigenvalue weighted by atomic mass is 10.1. The molecule has 3 rings (SSSR count).